The third kappa shape index (κ3) is 3.90. The lowest BCUT2D eigenvalue weighted by molar-refractivity contribution is 0.0533. The zero-order valence-corrected chi connectivity index (χ0v) is 16.2. The minimum atomic E-state index is -0.220. The van der Waals surface area contributed by atoms with Crippen LogP contribution >= 0.6 is 34.2 Å². The first-order chi connectivity index (χ1) is 12.0. The Hall–Kier alpha value is -1.80. The van der Waals surface area contributed by atoms with Gasteiger partial charge in [0.2, 0.25) is 0 Å². The Morgan fingerprint density at radius 1 is 0.920 bits per heavy atom. The van der Waals surface area contributed by atoms with Crippen molar-refractivity contribution in [2.24, 2.45) is 0 Å². The lowest BCUT2D eigenvalue weighted by Gasteiger charge is -2.35. The van der Waals surface area contributed by atoms with E-state index in [1.165, 1.54) is 6.07 Å². The average Bonchev–Trinajstić information content (AvgIpc) is 2.63. The quantitative estimate of drug-likeness (QED) is 0.686. The fourth-order valence-corrected chi connectivity index (χ4v) is 3.51. The molecule has 1 fully saturated rings. The lowest BCUT2D eigenvalue weighted by Crippen LogP contribution is -2.50. The van der Waals surface area contributed by atoms with Gasteiger partial charge < -0.3 is 14.9 Å². The van der Waals surface area contributed by atoms with Crippen molar-refractivity contribution in [3.05, 3.63) is 62.2 Å². The molecule has 25 heavy (non-hydrogen) atoms. The van der Waals surface area contributed by atoms with E-state index in [-0.39, 0.29) is 23.1 Å². The molecule has 130 valence electrons. The van der Waals surface area contributed by atoms with Crippen LogP contribution in [0, 0.1) is 3.57 Å². The van der Waals surface area contributed by atoms with Crippen LogP contribution in [0.4, 0.5) is 0 Å². The fraction of sp³-hybridized carbons (Fsp3) is 0.222. The molecular formula is C18H16ClIN2O3. The SMILES string of the molecule is O=C(c1ccccc1O)N1CCN(C(=O)c2cc(Cl)ccc2I)CC1. The molecule has 5 nitrogen and oxygen atoms in total. The first-order valence-electron chi connectivity index (χ1n) is 7.79. The highest BCUT2D eigenvalue weighted by Gasteiger charge is 2.27. The molecule has 1 heterocycles. The normalized spacial score (nSPS) is 14.5. The van der Waals surface area contributed by atoms with Crippen LogP contribution in [-0.4, -0.2) is 52.9 Å². The van der Waals surface area contributed by atoms with Crippen LogP contribution in [-0.2, 0) is 0 Å². The van der Waals surface area contributed by atoms with Gasteiger partial charge in [-0.2, -0.15) is 0 Å². The molecule has 0 bridgehead atoms. The summed E-state index contributed by atoms with van der Waals surface area (Å²) >= 11 is 8.11. The van der Waals surface area contributed by atoms with Crippen molar-refractivity contribution in [2.75, 3.05) is 26.2 Å². The van der Waals surface area contributed by atoms with E-state index >= 15 is 0 Å². The molecule has 0 radical (unpaired) electrons. The maximum absolute atomic E-state index is 12.7. The monoisotopic (exact) mass is 470 g/mol. The van der Waals surface area contributed by atoms with Crippen molar-refractivity contribution in [1.82, 2.24) is 9.80 Å². The van der Waals surface area contributed by atoms with Crippen LogP contribution < -0.4 is 0 Å². The van der Waals surface area contributed by atoms with Gasteiger partial charge in [0.25, 0.3) is 11.8 Å². The number of carbonyl (C=O) groups is 2. The molecule has 2 amide bonds. The number of halogens is 2. The summed E-state index contributed by atoms with van der Waals surface area (Å²) in [6, 6.07) is 11.7. The molecule has 2 aromatic carbocycles. The second-order valence-electron chi connectivity index (χ2n) is 5.73. The number of phenolic OH excluding ortho intramolecular Hbond substituents is 1. The van der Waals surface area contributed by atoms with E-state index in [1.54, 1.807) is 40.1 Å². The number of phenols is 1. The summed E-state index contributed by atoms with van der Waals surface area (Å²) in [4.78, 5) is 28.6. The Bertz CT molecular complexity index is 820. The first-order valence-corrected chi connectivity index (χ1v) is 9.24. The molecule has 0 saturated carbocycles. The zero-order valence-electron chi connectivity index (χ0n) is 13.3. The van der Waals surface area contributed by atoms with Gasteiger partial charge in [0.1, 0.15) is 5.75 Å². The molecule has 0 unspecified atom stereocenters. The van der Waals surface area contributed by atoms with Gasteiger partial charge in [0.05, 0.1) is 11.1 Å². The molecule has 0 spiro atoms. The van der Waals surface area contributed by atoms with Crippen LogP contribution in [0.25, 0.3) is 0 Å². The maximum Gasteiger partial charge on any atom is 0.257 e. The Kier molecular flexibility index (Phi) is 5.48. The number of aromatic hydroxyl groups is 1. The van der Waals surface area contributed by atoms with Gasteiger partial charge in [0.15, 0.2) is 0 Å². The Morgan fingerprint density at radius 3 is 2.08 bits per heavy atom. The minimum absolute atomic E-state index is 0.0283. The number of rotatable bonds is 2. The molecule has 1 aliphatic rings. The van der Waals surface area contributed by atoms with Crippen LogP contribution in [0.1, 0.15) is 20.7 Å². The molecule has 1 N–H and O–H groups in total. The molecule has 0 atom stereocenters. The zero-order chi connectivity index (χ0) is 18.0. The van der Waals surface area contributed by atoms with Gasteiger partial charge in [-0.3, -0.25) is 9.59 Å². The van der Waals surface area contributed by atoms with E-state index < -0.39 is 0 Å². The summed E-state index contributed by atoms with van der Waals surface area (Å²) in [5.74, 6) is -0.330. The van der Waals surface area contributed by atoms with Crippen LogP contribution in [0.15, 0.2) is 42.5 Å². The number of para-hydroxylation sites is 1. The number of amides is 2. The van der Waals surface area contributed by atoms with Gasteiger partial charge in [-0.15, -0.1) is 0 Å². The van der Waals surface area contributed by atoms with E-state index in [2.05, 4.69) is 22.6 Å². The number of piperazine rings is 1. The van der Waals surface area contributed by atoms with Crippen molar-refractivity contribution in [1.29, 1.82) is 0 Å². The lowest BCUT2D eigenvalue weighted by atomic mass is 10.1. The predicted molar refractivity (Wildman–Crippen MR) is 104 cm³/mol. The Labute approximate surface area is 164 Å². The van der Waals surface area contributed by atoms with Crippen molar-refractivity contribution >= 4 is 46.0 Å². The summed E-state index contributed by atoms with van der Waals surface area (Å²) in [7, 11) is 0. The van der Waals surface area contributed by atoms with Crippen LogP contribution in [0.5, 0.6) is 5.75 Å². The topological polar surface area (TPSA) is 60.9 Å². The summed E-state index contributed by atoms with van der Waals surface area (Å²) in [6.45, 7) is 1.74. The van der Waals surface area contributed by atoms with Gasteiger partial charge >= 0.3 is 0 Å². The Balaban J connectivity index is 1.68. The largest absolute Gasteiger partial charge is 0.507 e. The first kappa shape index (κ1) is 18.0. The average molecular weight is 471 g/mol. The third-order valence-corrected chi connectivity index (χ3v) is 5.32. The highest BCUT2D eigenvalue weighted by molar-refractivity contribution is 14.1. The van der Waals surface area contributed by atoms with Crippen molar-refractivity contribution in [3.63, 3.8) is 0 Å². The van der Waals surface area contributed by atoms with Gasteiger partial charge in [-0.05, 0) is 52.9 Å². The summed E-state index contributed by atoms with van der Waals surface area (Å²) in [5.41, 5.74) is 0.861. The van der Waals surface area contributed by atoms with E-state index in [1.807, 2.05) is 6.07 Å². The number of carbonyl (C=O) groups excluding carboxylic acids is 2. The van der Waals surface area contributed by atoms with Crippen molar-refractivity contribution < 1.29 is 14.7 Å². The minimum Gasteiger partial charge on any atom is -0.507 e. The predicted octanol–water partition coefficient (Wildman–Crippen LogP) is 3.25. The number of hydrogen-bond donors (Lipinski definition) is 1. The maximum atomic E-state index is 12.7. The van der Waals surface area contributed by atoms with E-state index in [0.717, 1.165) is 3.57 Å². The number of hydrogen-bond acceptors (Lipinski definition) is 3. The Morgan fingerprint density at radius 2 is 1.48 bits per heavy atom. The fourth-order valence-electron chi connectivity index (χ4n) is 2.77. The molecule has 3 rings (SSSR count). The van der Waals surface area contributed by atoms with Crippen molar-refractivity contribution in [3.8, 4) is 5.75 Å². The van der Waals surface area contributed by atoms with Gasteiger partial charge in [0, 0.05) is 34.8 Å². The van der Waals surface area contributed by atoms with E-state index in [9.17, 15) is 14.7 Å². The van der Waals surface area contributed by atoms with E-state index in [0.29, 0.717) is 36.8 Å². The summed E-state index contributed by atoms with van der Waals surface area (Å²) < 4.78 is 0.847. The highest BCUT2D eigenvalue weighted by Crippen LogP contribution is 2.22. The molecule has 0 aliphatic carbocycles. The van der Waals surface area contributed by atoms with Crippen LogP contribution in [0.2, 0.25) is 5.02 Å². The molecular weight excluding hydrogens is 455 g/mol. The molecule has 0 aromatic heterocycles. The van der Waals surface area contributed by atoms with Crippen molar-refractivity contribution in [2.45, 2.75) is 0 Å². The number of benzene rings is 2. The second kappa shape index (κ2) is 7.61. The molecule has 1 saturated heterocycles. The summed E-state index contributed by atoms with van der Waals surface area (Å²) in [6.07, 6.45) is 0. The van der Waals surface area contributed by atoms with Crippen LogP contribution in [0.3, 0.4) is 0 Å². The molecule has 1 aliphatic heterocycles. The molecule has 7 heteroatoms. The smallest absolute Gasteiger partial charge is 0.257 e. The summed E-state index contributed by atoms with van der Waals surface area (Å²) in [5, 5.41) is 10.4. The van der Waals surface area contributed by atoms with Gasteiger partial charge in [-0.1, -0.05) is 23.7 Å². The van der Waals surface area contributed by atoms with E-state index in [4.69, 9.17) is 11.6 Å². The third-order valence-electron chi connectivity index (χ3n) is 4.15. The second-order valence-corrected chi connectivity index (χ2v) is 7.32. The standard InChI is InChI=1S/C18H16ClIN2O3/c19-12-5-6-15(20)14(11-12)18(25)22-9-7-21(8-10-22)17(24)13-3-1-2-4-16(13)23/h1-6,11,23H,7-10H2. The van der Waals surface area contributed by atoms with Gasteiger partial charge in [-0.25, -0.2) is 0 Å². The molecule has 2 aromatic rings. The highest BCUT2D eigenvalue weighted by atomic mass is 127. The number of nitrogens with zero attached hydrogens (tertiary/aromatic N) is 2.